The molecule has 1 atom stereocenters. The molecule has 0 radical (unpaired) electrons. The Balaban J connectivity index is 2.17. The van der Waals surface area contributed by atoms with Gasteiger partial charge in [-0.3, -0.25) is 0 Å². The van der Waals surface area contributed by atoms with Gasteiger partial charge in [0.05, 0.1) is 52.9 Å². The van der Waals surface area contributed by atoms with Gasteiger partial charge < -0.3 is 24.1 Å². The Morgan fingerprint density at radius 2 is 1.43 bits per heavy atom. The summed E-state index contributed by atoms with van der Waals surface area (Å²) in [5.41, 5.74) is 0. The van der Waals surface area contributed by atoms with Crippen molar-refractivity contribution in [3.05, 3.63) is 0 Å². The van der Waals surface area contributed by atoms with Crippen LogP contribution < -0.4 is 0 Å². The predicted molar refractivity (Wildman–Crippen MR) is 49.3 cm³/mol. The maximum atomic E-state index is 8.92. The van der Waals surface area contributed by atoms with Crippen LogP contribution in [0.1, 0.15) is 0 Å². The molecule has 0 aromatic rings. The number of rotatable bonds is 1. The van der Waals surface area contributed by atoms with Gasteiger partial charge in [-0.2, -0.15) is 0 Å². The van der Waals surface area contributed by atoms with Crippen molar-refractivity contribution in [2.45, 2.75) is 6.10 Å². The molecule has 84 valence electrons. The Morgan fingerprint density at radius 1 is 0.857 bits per heavy atom. The van der Waals surface area contributed by atoms with Crippen LogP contribution in [-0.4, -0.2) is 64.1 Å². The summed E-state index contributed by atoms with van der Waals surface area (Å²) in [5, 5.41) is 8.92. The molecular weight excluding hydrogens is 188 g/mol. The normalized spacial score (nSPS) is 27.6. The third kappa shape index (κ3) is 5.51. The first kappa shape index (κ1) is 11.9. The molecule has 1 saturated heterocycles. The van der Waals surface area contributed by atoms with Crippen molar-refractivity contribution < 1.29 is 24.1 Å². The zero-order valence-corrected chi connectivity index (χ0v) is 8.31. The van der Waals surface area contributed by atoms with Gasteiger partial charge >= 0.3 is 0 Å². The van der Waals surface area contributed by atoms with Crippen LogP contribution in [0.3, 0.4) is 0 Å². The Bertz CT molecular complexity index is 118. The molecule has 1 fully saturated rings. The lowest BCUT2D eigenvalue weighted by Crippen LogP contribution is -2.27. The van der Waals surface area contributed by atoms with Gasteiger partial charge in [-0.05, 0) is 0 Å². The van der Waals surface area contributed by atoms with Crippen molar-refractivity contribution in [2.75, 3.05) is 52.9 Å². The fourth-order valence-corrected chi connectivity index (χ4v) is 1.08. The molecule has 5 heteroatoms. The lowest BCUT2D eigenvalue weighted by molar-refractivity contribution is -0.0803. The third-order valence-corrected chi connectivity index (χ3v) is 1.83. The smallest absolute Gasteiger partial charge is 0.104 e. The number of hydrogen-bond donors (Lipinski definition) is 1. The zero-order chi connectivity index (χ0) is 10.1. The summed E-state index contributed by atoms with van der Waals surface area (Å²) in [6, 6.07) is 0. The quantitative estimate of drug-likeness (QED) is 0.622. The van der Waals surface area contributed by atoms with Gasteiger partial charge in [0.1, 0.15) is 6.10 Å². The summed E-state index contributed by atoms with van der Waals surface area (Å²) in [5.74, 6) is 0. The predicted octanol–water partition coefficient (Wildman–Crippen LogP) is -0.573. The lowest BCUT2D eigenvalue weighted by Gasteiger charge is -2.17. The summed E-state index contributed by atoms with van der Waals surface area (Å²) < 4.78 is 21.0. The molecule has 1 rings (SSSR count). The number of hydrogen-bond acceptors (Lipinski definition) is 5. The Kier molecular flexibility index (Phi) is 6.90. The van der Waals surface area contributed by atoms with Crippen LogP contribution in [0.25, 0.3) is 0 Å². The summed E-state index contributed by atoms with van der Waals surface area (Å²) in [7, 11) is 0. The van der Waals surface area contributed by atoms with E-state index in [9.17, 15) is 0 Å². The second kappa shape index (κ2) is 8.14. The minimum absolute atomic E-state index is 0.0269. The van der Waals surface area contributed by atoms with E-state index in [4.69, 9.17) is 24.1 Å². The highest BCUT2D eigenvalue weighted by Crippen LogP contribution is 1.94. The largest absolute Gasteiger partial charge is 0.394 e. The molecule has 1 heterocycles. The molecule has 0 aliphatic carbocycles. The van der Waals surface area contributed by atoms with Gasteiger partial charge in [0.15, 0.2) is 0 Å². The van der Waals surface area contributed by atoms with Crippen LogP contribution in [0.4, 0.5) is 0 Å². The summed E-state index contributed by atoms with van der Waals surface area (Å²) in [6.45, 7) is 3.64. The minimum Gasteiger partial charge on any atom is -0.394 e. The molecule has 0 saturated carbocycles. The van der Waals surface area contributed by atoms with Crippen molar-refractivity contribution in [1.82, 2.24) is 0 Å². The minimum atomic E-state index is -0.252. The summed E-state index contributed by atoms with van der Waals surface area (Å²) in [4.78, 5) is 0. The first-order valence-corrected chi connectivity index (χ1v) is 4.89. The molecule has 0 spiro atoms. The standard InChI is InChI=1S/C9H18O5/c10-7-9-8-13-4-3-11-1-2-12-5-6-14-9/h9-10H,1-8H2/t9-/m1/s1. The third-order valence-electron chi connectivity index (χ3n) is 1.83. The van der Waals surface area contributed by atoms with Crippen molar-refractivity contribution in [1.29, 1.82) is 0 Å². The maximum absolute atomic E-state index is 8.92. The van der Waals surface area contributed by atoms with E-state index in [1.807, 2.05) is 0 Å². The molecule has 0 aromatic heterocycles. The van der Waals surface area contributed by atoms with Gasteiger partial charge in [0.2, 0.25) is 0 Å². The Labute approximate surface area is 83.9 Å². The van der Waals surface area contributed by atoms with E-state index in [1.165, 1.54) is 0 Å². The highest BCUT2D eigenvalue weighted by atomic mass is 16.6. The Hall–Kier alpha value is -0.200. The average molecular weight is 206 g/mol. The van der Waals surface area contributed by atoms with Crippen molar-refractivity contribution in [3.63, 3.8) is 0 Å². The van der Waals surface area contributed by atoms with Crippen molar-refractivity contribution >= 4 is 0 Å². The number of aliphatic hydroxyl groups excluding tert-OH is 1. The number of ether oxygens (including phenoxy) is 4. The first-order valence-electron chi connectivity index (χ1n) is 4.89. The molecule has 1 aliphatic heterocycles. The van der Waals surface area contributed by atoms with Crippen LogP contribution >= 0.6 is 0 Å². The summed E-state index contributed by atoms with van der Waals surface area (Å²) >= 11 is 0. The van der Waals surface area contributed by atoms with Crippen molar-refractivity contribution in [2.24, 2.45) is 0 Å². The maximum Gasteiger partial charge on any atom is 0.104 e. The SMILES string of the molecule is OC[C@@H]1COCCOCCOCCO1. The van der Waals surface area contributed by atoms with Gasteiger partial charge in [-0.1, -0.05) is 0 Å². The highest BCUT2D eigenvalue weighted by molar-refractivity contribution is 4.54. The van der Waals surface area contributed by atoms with Crippen molar-refractivity contribution in [3.8, 4) is 0 Å². The average Bonchev–Trinajstić information content (AvgIpc) is 2.19. The summed E-state index contributed by atoms with van der Waals surface area (Å²) in [6.07, 6.45) is -0.252. The molecule has 14 heavy (non-hydrogen) atoms. The zero-order valence-electron chi connectivity index (χ0n) is 8.31. The topological polar surface area (TPSA) is 57.2 Å². The first-order chi connectivity index (χ1) is 6.93. The van der Waals surface area contributed by atoms with E-state index in [1.54, 1.807) is 0 Å². The van der Waals surface area contributed by atoms with E-state index < -0.39 is 0 Å². The lowest BCUT2D eigenvalue weighted by atomic mass is 10.4. The van der Waals surface area contributed by atoms with Crippen LogP contribution in [0, 0.1) is 0 Å². The van der Waals surface area contributed by atoms with E-state index in [2.05, 4.69) is 0 Å². The van der Waals surface area contributed by atoms with Crippen LogP contribution in [0.15, 0.2) is 0 Å². The highest BCUT2D eigenvalue weighted by Gasteiger charge is 2.08. The van der Waals surface area contributed by atoms with E-state index in [0.717, 1.165) is 0 Å². The molecular formula is C9H18O5. The molecule has 0 aromatic carbocycles. The van der Waals surface area contributed by atoms with E-state index in [0.29, 0.717) is 46.2 Å². The van der Waals surface area contributed by atoms with Gasteiger partial charge in [0, 0.05) is 0 Å². The van der Waals surface area contributed by atoms with Crippen LogP contribution in [-0.2, 0) is 18.9 Å². The Morgan fingerprint density at radius 3 is 2.07 bits per heavy atom. The molecule has 0 amide bonds. The van der Waals surface area contributed by atoms with Crippen LogP contribution in [0.2, 0.25) is 0 Å². The molecule has 0 bridgehead atoms. The van der Waals surface area contributed by atoms with Gasteiger partial charge in [-0.15, -0.1) is 0 Å². The van der Waals surface area contributed by atoms with Gasteiger partial charge in [-0.25, -0.2) is 0 Å². The molecule has 1 N–H and O–H groups in total. The fraction of sp³-hybridized carbons (Fsp3) is 1.00. The van der Waals surface area contributed by atoms with E-state index in [-0.39, 0.29) is 12.7 Å². The van der Waals surface area contributed by atoms with E-state index >= 15 is 0 Å². The van der Waals surface area contributed by atoms with Crippen LogP contribution in [0.5, 0.6) is 0 Å². The second-order valence-electron chi connectivity index (χ2n) is 2.98. The fourth-order valence-electron chi connectivity index (χ4n) is 1.08. The molecule has 5 nitrogen and oxygen atoms in total. The molecule has 0 unspecified atom stereocenters. The monoisotopic (exact) mass is 206 g/mol. The number of aliphatic hydroxyl groups is 1. The molecule has 1 aliphatic rings. The van der Waals surface area contributed by atoms with Gasteiger partial charge in [0.25, 0.3) is 0 Å². The second-order valence-corrected chi connectivity index (χ2v) is 2.98.